The Hall–Kier alpha value is -2.06. The minimum atomic E-state index is -3.71. The van der Waals surface area contributed by atoms with Crippen molar-refractivity contribution in [2.75, 3.05) is 26.6 Å². The molecule has 1 aromatic rings. The normalized spacial score (nSPS) is 20.2. The largest absolute Gasteiger partial charge is 0.497 e. The van der Waals surface area contributed by atoms with Gasteiger partial charge < -0.3 is 14.2 Å². The number of esters is 1. The van der Waals surface area contributed by atoms with Crippen LogP contribution in [0.1, 0.15) is 53.4 Å². The van der Waals surface area contributed by atoms with E-state index in [1.807, 2.05) is 6.08 Å². The van der Waals surface area contributed by atoms with Crippen LogP contribution >= 0.6 is 0 Å². The Morgan fingerprint density at radius 3 is 2.12 bits per heavy atom. The molecule has 1 aromatic carbocycles. The lowest BCUT2D eigenvalue weighted by atomic mass is 9.86. The van der Waals surface area contributed by atoms with Gasteiger partial charge in [0.1, 0.15) is 24.7 Å². The first-order valence-corrected chi connectivity index (χ1v) is 13.3. The van der Waals surface area contributed by atoms with E-state index < -0.39 is 21.7 Å². The van der Waals surface area contributed by atoms with E-state index >= 15 is 0 Å². The molecular formula is C25H38O7S. The average Bonchev–Trinajstić information content (AvgIpc) is 3.04. The Morgan fingerprint density at radius 1 is 1.03 bits per heavy atom. The molecule has 0 aliphatic carbocycles. The van der Waals surface area contributed by atoms with Crippen molar-refractivity contribution in [3.8, 4) is 11.5 Å². The highest BCUT2D eigenvalue weighted by atomic mass is 32.2. The molecule has 0 amide bonds. The van der Waals surface area contributed by atoms with E-state index in [1.54, 1.807) is 31.4 Å². The molecule has 186 valence electrons. The molecule has 8 heteroatoms. The number of carbonyl (C=O) groups is 1. The van der Waals surface area contributed by atoms with Gasteiger partial charge in [-0.3, -0.25) is 4.18 Å². The van der Waals surface area contributed by atoms with Crippen molar-refractivity contribution in [1.29, 1.82) is 0 Å². The number of methoxy groups -OCH3 is 1. The number of allylic oxidation sites excluding steroid dienone is 1. The van der Waals surface area contributed by atoms with Gasteiger partial charge in [-0.1, -0.05) is 33.8 Å². The van der Waals surface area contributed by atoms with Crippen molar-refractivity contribution in [2.24, 2.45) is 17.8 Å². The molecule has 1 aliphatic heterocycles. The number of hydrogen-bond acceptors (Lipinski definition) is 7. The zero-order valence-corrected chi connectivity index (χ0v) is 21.4. The molecule has 1 fully saturated rings. The highest BCUT2D eigenvalue weighted by molar-refractivity contribution is 7.85. The Bertz CT molecular complexity index is 893. The standard InChI is InChI=1S/C25H38O7S/c1-18(2)13-20(14-19(3)4)7-8-21-15-25(32-24(21)26,17-31-33(6,27)28)16-30-23-11-9-22(29-5)10-12-23/h8-12,18-20H,7,13-17H2,1-6H3/b21-8-. The van der Waals surface area contributed by atoms with Gasteiger partial charge in [-0.25, -0.2) is 4.79 Å². The van der Waals surface area contributed by atoms with Gasteiger partial charge in [-0.2, -0.15) is 8.42 Å². The third kappa shape index (κ3) is 9.37. The van der Waals surface area contributed by atoms with Gasteiger partial charge in [0.2, 0.25) is 0 Å². The van der Waals surface area contributed by atoms with E-state index in [4.69, 9.17) is 18.4 Å². The van der Waals surface area contributed by atoms with Crippen LogP contribution < -0.4 is 9.47 Å². The average molecular weight is 483 g/mol. The number of hydrogen-bond donors (Lipinski definition) is 0. The maximum absolute atomic E-state index is 12.7. The molecule has 0 N–H and O–H groups in total. The van der Waals surface area contributed by atoms with Crippen molar-refractivity contribution in [2.45, 2.75) is 59.0 Å². The minimum absolute atomic E-state index is 0.0284. The van der Waals surface area contributed by atoms with Crippen LogP contribution in [0.25, 0.3) is 0 Å². The van der Waals surface area contributed by atoms with Gasteiger partial charge in [0, 0.05) is 12.0 Å². The zero-order valence-electron chi connectivity index (χ0n) is 20.6. The second kappa shape index (κ2) is 11.9. The van der Waals surface area contributed by atoms with Gasteiger partial charge in [0.15, 0.2) is 5.60 Å². The molecule has 1 unspecified atom stereocenters. The number of benzene rings is 1. The van der Waals surface area contributed by atoms with E-state index in [1.165, 1.54) is 0 Å². The summed E-state index contributed by atoms with van der Waals surface area (Å²) in [4.78, 5) is 12.7. The number of ether oxygens (including phenoxy) is 3. The first kappa shape index (κ1) is 27.2. The lowest BCUT2D eigenvalue weighted by molar-refractivity contribution is -0.152. The predicted octanol–water partition coefficient (Wildman–Crippen LogP) is 4.76. The topological polar surface area (TPSA) is 88.1 Å². The number of carbonyl (C=O) groups excluding carboxylic acids is 1. The summed E-state index contributed by atoms with van der Waals surface area (Å²) in [5.41, 5.74) is -0.666. The molecular weight excluding hydrogens is 444 g/mol. The van der Waals surface area contributed by atoms with E-state index in [-0.39, 0.29) is 19.6 Å². The maximum Gasteiger partial charge on any atom is 0.334 e. The van der Waals surface area contributed by atoms with Crippen molar-refractivity contribution in [3.63, 3.8) is 0 Å². The van der Waals surface area contributed by atoms with Crippen LogP contribution in [-0.2, 0) is 23.8 Å². The van der Waals surface area contributed by atoms with Crippen LogP contribution in [0.3, 0.4) is 0 Å². The molecule has 0 saturated carbocycles. The summed E-state index contributed by atoms with van der Waals surface area (Å²) in [5.74, 6) is 2.41. The number of cyclic esters (lactones) is 1. The van der Waals surface area contributed by atoms with Crippen molar-refractivity contribution < 1.29 is 31.6 Å². The Morgan fingerprint density at radius 2 is 1.61 bits per heavy atom. The SMILES string of the molecule is COc1ccc(OCC2(COS(C)(=O)=O)C/C(=C/CC(CC(C)C)CC(C)C)C(=O)O2)cc1. The highest BCUT2D eigenvalue weighted by Gasteiger charge is 2.45. The number of rotatable bonds is 13. The van der Waals surface area contributed by atoms with Crippen molar-refractivity contribution in [1.82, 2.24) is 0 Å². The van der Waals surface area contributed by atoms with Crippen molar-refractivity contribution in [3.05, 3.63) is 35.9 Å². The lowest BCUT2D eigenvalue weighted by Gasteiger charge is -2.26. The second-order valence-corrected chi connectivity index (χ2v) is 11.4. The van der Waals surface area contributed by atoms with Crippen LogP contribution in [0, 0.1) is 17.8 Å². The van der Waals surface area contributed by atoms with E-state index in [2.05, 4.69) is 27.7 Å². The first-order chi connectivity index (χ1) is 15.4. The van der Waals surface area contributed by atoms with Gasteiger partial charge in [-0.05, 0) is 61.3 Å². The third-order valence-corrected chi connectivity index (χ3v) is 6.03. The van der Waals surface area contributed by atoms with Gasteiger partial charge in [-0.15, -0.1) is 0 Å². The van der Waals surface area contributed by atoms with E-state index in [9.17, 15) is 13.2 Å². The summed E-state index contributed by atoms with van der Waals surface area (Å²) in [7, 11) is -2.14. The van der Waals surface area contributed by atoms with Crippen LogP contribution in [0.5, 0.6) is 11.5 Å². The fourth-order valence-electron chi connectivity index (χ4n) is 4.11. The highest BCUT2D eigenvalue weighted by Crippen LogP contribution is 2.34. The van der Waals surface area contributed by atoms with E-state index in [0.717, 1.165) is 25.5 Å². The Labute approximate surface area is 198 Å². The zero-order chi connectivity index (χ0) is 24.6. The summed E-state index contributed by atoms with van der Waals surface area (Å²) in [5, 5.41) is 0. The summed E-state index contributed by atoms with van der Waals surface area (Å²) >= 11 is 0. The van der Waals surface area contributed by atoms with Gasteiger partial charge >= 0.3 is 5.97 Å². The Balaban J connectivity index is 2.16. The van der Waals surface area contributed by atoms with Crippen LogP contribution in [0.4, 0.5) is 0 Å². The van der Waals surface area contributed by atoms with E-state index in [0.29, 0.717) is 34.8 Å². The minimum Gasteiger partial charge on any atom is -0.497 e. The summed E-state index contributed by atoms with van der Waals surface area (Å²) in [6, 6.07) is 6.98. The van der Waals surface area contributed by atoms with Crippen LogP contribution in [0.2, 0.25) is 0 Å². The summed E-state index contributed by atoms with van der Waals surface area (Å²) in [6.07, 6.45) is 6.10. The van der Waals surface area contributed by atoms with Crippen molar-refractivity contribution >= 4 is 16.1 Å². The molecule has 33 heavy (non-hydrogen) atoms. The second-order valence-electron chi connectivity index (χ2n) is 9.77. The fourth-order valence-corrected chi connectivity index (χ4v) is 4.54. The molecule has 0 aromatic heterocycles. The molecule has 1 aliphatic rings. The first-order valence-electron chi connectivity index (χ1n) is 11.4. The summed E-state index contributed by atoms with van der Waals surface area (Å²) < 4.78 is 45.0. The molecule has 2 rings (SSSR count). The molecule has 0 radical (unpaired) electrons. The van der Waals surface area contributed by atoms with Gasteiger partial charge in [0.25, 0.3) is 10.1 Å². The lowest BCUT2D eigenvalue weighted by Crippen LogP contribution is -2.41. The summed E-state index contributed by atoms with van der Waals surface area (Å²) in [6.45, 7) is 8.48. The van der Waals surface area contributed by atoms with Crippen LogP contribution in [-0.4, -0.2) is 46.6 Å². The monoisotopic (exact) mass is 482 g/mol. The fraction of sp³-hybridized carbons (Fsp3) is 0.640. The molecule has 0 spiro atoms. The smallest absolute Gasteiger partial charge is 0.334 e. The molecule has 1 heterocycles. The quantitative estimate of drug-likeness (QED) is 0.227. The maximum atomic E-state index is 12.7. The molecule has 1 atom stereocenters. The third-order valence-electron chi connectivity index (χ3n) is 5.49. The van der Waals surface area contributed by atoms with Gasteiger partial charge in [0.05, 0.1) is 13.4 Å². The molecule has 0 bridgehead atoms. The van der Waals surface area contributed by atoms with Crippen LogP contribution in [0.15, 0.2) is 35.9 Å². The Kier molecular flexibility index (Phi) is 9.79. The molecule has 7 nitrogen and oxygen atoms in total. The molecule has 1 saturated heterocycles. The predicted molar refractivity (Wildman–Crippen MR) is 128 cm³/mol.